The number of likely N-dealkylation sites (N-methyl/N-ethyl adjacent to an activating group) is 1. The first-order chi connectivity index (χ1) is 19.7. The lowest BCUT2D eigenvalue weighted by Crippen LogP contribution is -2.50. The van der Waals surface area contributed by atoms with Gasteiger partial charge in [0.25, 0.3) is 15.9 Å². The summed E-state index contributed by atoms with van der Waals surface area (Å²) >= 11 is 0. The van der Waals surface area contributed by atoms with E-state index < -0.39 is 43.9 Å². The second kappa shape index (κ2) is 12.4. The second-order valence-electron chi connectivity index (χ2n) is 10.5. The fourth-order valence-electron chi connectivity index (χ4n) is 4.57. The van der Waals surface area contributed by atoms with E-state index in [1.807, 2.05) is 13.8 Å². The molecule has 42 heavy (non-hydrogen) atoms. The van der Waals surface area contributed by atoms with Gasteiger partial charge in [0.2, 0.25) is 10.0 Å². The van der Waals surface area contributed by atoms with Crippen molar-refractivity contribution in [1.29, 1.82) is 0 Å². The van der Waals surface area contributed by atoms with Crippen LogP contribution in [0.2, 0.25) is 0 Å². The van der Waals surface area contributed by atoms with E-state index >= 15 is 0 Å². The smallest absolute Gasteiger partial charge is 0.261 e. The Hall–Kier alpha value is -3.52. The Morgan fingerprint density at radius 2 is 1.67 bits per heavy atom. The third-order valence-electron chi connectivity index (χ3n) is 7.21. The van der Waals surface area contributed by atoms with Crippen molar-refractivity contribution < 1.29 is 35.9 Å². The average Bonchev–Trinajstić information content (AvgIpc) is 2.95. The predicted molar refractivity (Wildman–Crippen MR) is 156 cm³/mol. The Balaban J connectivity index is 1.68. The molecule has 0 spiro atoms. The molecule has 3 aromatic carbocycles. The molecule has 0 aliphatic carbocycles. The monoisotopic (exact) mass is 619 g/mol. The number of sulfonamides is 2. The molecule has 0 unspecified atom stereocenters. The fourth-order valence-corrected chi connectivity index (χ4v) is 6.81. The van der Waals surface area contributed by atoms with E-state index in [1.165, 1.54) is 46.6 Å². The van der Waals surface area contributed by atoms with Crippen LogP contribution in [0.4, 0.5) is 10.1 Å². The van der Waals surface area contributed by atoms with Crippen LogP contribution in [0.1, 0.15) is 29.8 Å². The second-order valence-corrected chi connectivity index (χ2v) is 14.2. The van der Waals surface area contributed by atoms with E-state index in [0.717, 1.165) is 29.8 Å². The van der Waals surface area contributed by atoms with Crippen LogP contribution in [0.15, 0.2) is 76.5 Å². The zero-order valence-electron chi connectivity index (χ0n) is 23.7. The number of hydrogen-bond donors (Lipinski definition) is 2. The SMILES string of the molecule is Cc1ccc(S(=O)(=O)N(C)C[C@@H]2Oc3ccc(NS(=O)(=O)c4ccc(F)cc4)cc3C(=O)N([C@@H](C)CO)C[C@@H]2C)cc1. The van der Waals surface area contributed by atoms with E-state index in [2.05, 4.69) is 4.72 Å². The Kier molecular flexibility index (Phi) is 9.26. The number of aliphatic hydroxyl groups excluding tert-OH is 1. The summed E-state index contributed by atoms with van der Waals surface area (Å²) in [5.41, 5.74) is 1.03. The molecule has 0 saturated heterocycles. The zero-order chi connectivity index (χ0) is 30.8. The van der Waals surface area contributed by atoms with Crippen molar-refractivity contribution in [1.82, 2.24) is 9.21 Å². The van der Waals surface area contributed by atoms with Crippen LogP contribution in [0.3, 0.4) is 0 Å². The number of carbonyl (C=O) groups excluding carboxylic acids is 1. The Bertz CT molecular complexity index is 1650. The quantitative estimate of drug-likeness (QED) is 0.375. The lowest BCUT2D eigenvalue weighted by Gasteiger charge is -2.38. The van der Waals surface area contributed by atoms with Gasteiger partial charge in [0.15, 0.2) is 0 Å². The van der Waals surface area contributed by atoms with Gasteiger partial charge in [-0.05, 0) is 68.4 Å². The molecule has 10 nitrogen and oxygen atoms in total. The van der Waals surface area contributed by atoms with Gasteiger partial charge >= 0.3 is 0 Å². The van der Waals surface area contributed by atoms with Gasteiger partial charge in [-0.25, -0.2) is 21.2 Å². The lowest BCUT2D eigenvalue weighted by molar-refractivity contribution is 0.0387. The van der Waals surface area contributed by atoms with Crippen LogP contribution in [-0.4, -0.2) is 75.9 Å². The summed E-state index contributed by atoms with van der Waals surface area (Å²) < 4.78 is 75.5. The van der Waals surface area contributed by atoms with Gasteiger partial charge in [-0.3, -0.25) is 9.52 Å². The van der Waals surface area contributed by atoms with Crippen molar-refractivity contribution in [3.8, 4) is 5.75 Å². The number of ether oxygens (including phenoxy) is 1. The highest BCUT2D eigenvalue weighted by molar-refractivity contribution is 7.92. The zero-order valence-corrected chi connectivity index (χ0v) is 25.3. The topological polar surface area (TPSA) is 133 Å². The van der Waals surface area contributed by atoms with Crippen LogP contribution in [-0.2, 0) is 20.0 Å². The van der Waals surface area contributed by atoms with Gasteiger partial charge < -0.3 is 14.7 Å². The predicted octanol–water partition coefficient (Wildman–Crippen LogP) is 3.48. The molecule has 226 valence electrons. The number of nitrogens with zero attached hydrogens (tertiary/aromatic N) is 2. The Morgan fingerprint density at radius 1 is 1.05 bits per heavy atom. The molecule has 3 aromatic rings. The molecule has 1 aliphatic heterocycles. The molecule has 3 atom stereocenters. The molecule has 2 N–H and O–H groups in total. The first-order valence-corrected chi connectivity index (χ1v) is 16.2. The highest BCUT2D eigenvalue weighted by Crippen LogP contribution is 2.32. The van der Waals surface area contributed by atoms with Crippen LogP contribution in [0.5, 0.6) is 5.75 Å². The Morgan fingerprint density at radius 3 is 2.29 bits per heavy atom. The largest absolute Gasteiger partial charge is 0.488 e. The summed E-state index contributed by atoms with van der Waals surface area (Å²) in [6.45, 7) is 5.16. The van der Waals surface area contributed by atoms with Crippen molar-refractivity contribution in [2.45, 2.75) is 42.7 Å². The van der Waals surface area contributed by atoms with Crippen molar-refractivity contribution in [2.24, 2.45) is 5.92 Å². The molecule has 4 rings (SSSR count). The number of aliphatic hydroxyl groups is 1. The number of anilines is 1. The third kappa shape index (κ3) is 6.75. The number of rotatable bonds is 9. The first-order valence-electron chi connectivity index (χ1n) is 13.3. The van der Waals surface area contributed by atoms with E-state index in [4.69, 9.17) is 4.74 Å². The maximum Gasteiger partial charge on any atom is 0.261 e. The first kappa shape index (κ1) is 31.4. The minimum absolute atomic E-state index is 0.0364. The van der Waals surface area contributed by atoms with Crippen LogP contribution in [0, 0.1) is 18.7 Å². The number of halogens is 1. The van der Waals surface area contributed by atoms with Gasteiger partial charge in [-0.15, -0.1) is 0 Å². The summed E-state index contributed by atoms with van der Waals surface area (Å²) in [7, 11) is -6.49. The van der Waals surface area contributed by atoms with E-state index in [-0.39, 0.29) is 52.4 Å². The molecule has 0 bridgehead atoms. The molecule has 13 heteroatoms. The van der Waals surface area contributed by atoms with E-state index in [0.29, 0.717) is 0 Å². The molecular formula is C29H34FN3O7S2. The van der Waals surface area contributed by atoms with Crippen LogP contribution < -0.4 is 9.46 Å². The summed E-state index contributed by atoms with van der Waals surface area (Å²) in [5.74, 6) is -1.28. The number of amides is 1. The molecule has 0 radical (unpaired) electrons. The highest BCUT2D eigenvalue weighted by atomic mass is 32.2. The number of benzene rings is 3. The molecule has 1 aliphatic rings. The fraction of sp³-hybridized carbons (Fsp3) is 0.345. The van der Waals surface area contributed by atoms with Gasteiger partial charge in [0.1, 0.15) is 17.7 Å². The number of aryl methyl sites for hydroxylation is 1. The number of hydrogen-bond acceptors (Lipinski definition) is 7. The average molecular weight is 620 g/mol. The maximum absolute atomic E-state index is 13.7. The van der Waals surface area contributed by atoms with Gasteiger partial charge in [0.05, 0.1) is 34.5 Å². The number of nitrogens with one attached hydrogen (secondary N) is 1. The standard InChI is InChI=1S/C29H34FN3O7S2/c1-19-5-10-25(11-6-19)42(38,39)32(4)17-28-20(2)16-33(21(3)18-34)29(35)26-15-23(9-14-27(26)40-28)31-41(36,37)24-12-7-22(30)8-13-24/h5-15,20-21,28,31,34H,16-18H2,1-4H3/t20-,21-,28-/m0/s1. The third-order valence-corrected chi connectivity index (χ3v) is 10.4. The van der Waals surface area contributed by atoms with Crippen molar-refractivity contribution in [2.75, 3.05) is 31.5 Å². The molecular weight excluding hydrogens is 585 g/mol. The van der Waals surface area contributed by atoms with Gasteiger partial charge in [0, 0.05) is 25.2 Å². The van der Waals surface area contributed by atoms with Crippen LogP contribution in [0.25, 0.3) is 0 Å². The molecule has 1 heterocycles. The maximum atomic E-state index is 13.7. The summed E-state index contributed by atoms with van der Waals surface area (Å²) in [6.07, 6.45) is -0.697. The number of fused-ring (bicyclic) bond motifs is 1. The van der Waals surface area contributed by atoms with Crippen molar-refractivity contribution in [3.63, 3.8) is 0 Å². The van der Waals surface area contributed by atoms with Gasteiger partial charge in [-0.2, -0.15) is 4.31 Å². The van der Waals surface area contributed by atoms with E-state index in [1.54, 1.807) is 19.1 Å². The number of carbonyl (C=O) groups is 1. The highest BCUT2D eigenvalue weighted by Gasteiger charge is 2.35. The molecule has 0 fully saturated rings. The summed E-state index contributed by atoms with van der Waals surface area (Å²) in [6, 6.07) is 14.4. The molecule has 0 aromatic heterocycles. The van der Waals surface area contributed by atoms with Crippen LogP contribution >= 0.6 is 0 Å². The van der Waals surface area contributed by atoms with Gasteiger partial charge in [-0.1, -0.05) is 24.6 Å². The molecule has 0 saturated carbocycles. The minimum Gasteiger partial charge on any atom is -0.488 e. The minimum atomic E-state index is -4.10. The Labute approximate surface area is 245 Å². The molecule has 1 amide bonds. The normalized spacial score (nSPS) is 18.5. The van der Waals surface area contributed by atoms with Crippen molar-refractivity contribution in [3.05, 3.63) is 83.7 Å². The lowest BCUT2D eigenvalue weighted by atomic mass is 9.99. The van der Waals surface area contributed by atoms with Crippen molar-refractivity contribution >= 4 is 31.6 Å². The summed E-state index contributed by atoms with van der Waals surface area (Å²) in [5, 5.41) is 9.89. The summed E-state index contributed by atoms with van der Waals surface area (Å²) in [4.78, 5) is 15.1. The van der Waals surface area contributed by atoms with E-state index in [9.17, 15) is 31.1 Å².